The van der Waals surface area contributed by atoms with Crippen LogP contribution in [0.5, 0.6) is 0 Å². The summed E-state index contributed by atoms with van der Waals surface area (Å²) >= 11 is 0. The van der Waals surface area contributed by atoms with E-state index in [4.69, 9.17) is 0 Å². The standard InChI is InChI=1S/C11H22/c1-9(2)6-7-11(5)8-10(3)4/h7,9-10H,6,8H2,1-5H3. The molecule has 0 N–H and O–H groups in total. The first-order valence-electron chi connectivity index (χ1n) is 4.68. The fraction of sp³-hybridized carbons (Fsp3) is 0.818. The molecule has 11 heavy (non-hydrogen) atoms. The molecule has 0 aromatic carbocycles. The molecular weight excluding hydrogens is 132 g/mol. The van der Waals surface area contributed by atoms with Crippen LogP contribution in [0.2, 0.25) is 0 Å². The average Bonchev–Trinajstić information content (AvgIpc) is 1.82. The third kappa shape index (κ3) is 7.64. The van der Waals surface area contributed by atoms with Crippen LogP contribution in [-0.4, -0.2) is 0 Å². The van der Waals surface area contributed by atoms with E-state index in [2.05, 4.69) is 40.7 Å². The molecule has 0 amide bonds. The highest BCUT2D eigenvalue weighted by Crippen LogP contribution is 2.12. The lowest BCUT2D eigenvalue weighted by atomic mass is 10.0. The van der Waals surface area contributed by atoms with Crippen molar-refractivity contribution in [3.05, 3.63) is 11.6 Å². The van der Waals surface area contributed by atoms with Crippen molar-refractivity contribution in [1.29, 1.82) is 0 Å². The molecule has 0 atom stereocenters. The summed E-state index contributed by atoms with van der Waals surface area (Å²) in [5.74, 6) is 1.61. The van der Waals surface area contributed by atoms with Crippen molar-refractivity contribution in [2.75, 3.05) is 0 Å². The zero-order valence-electron chi connectivity index (χ0n) is 8.65. The molecule has 0 saturated heterocycles. The van der Waals surface area contributed by atoms with E-state index in [1.54, 1.807) is 5.57 Å². The fourth-order valence-corrected chi connectivity index (χ4v) is 1.16. The van der Waals surface area contributed by atoms with Gasteiger partial charge in [-0.2, -0.15) is 0 Å². The van der Waals surface area contributed by atoms with Crippen molar-refractivity contribution in [1.82, 2.24) is 0 Å². The van der Waals surface area contributed by atoms with E-state index in [-0.39, 0.29) is 0 Å². The average molecular weight is 154 g/mol. The second kappa shape index (κ2) is 5.40. The summed E-state index contributed by atoms with van der Waals surface area (Å²) in [6.07, 6.45) is 4.87. The molecule has 0 rings (SSSR count). The summed E-state index contributed by atoms with van der Waals surface area (Å²) in [6, 6.07) is 0. The quantitative estimate of drug-likeness (QED) is 0.536. The van der Waals surface area contributed by atoms with Crippen LogP contribution in [0.25, 0.3) is 0 Å². The Morgan fingerprint density at radius 2 is 1.64 bits per heavy atom. The first-order chi connectivity index (χ1) is 5.02. The van der Waals surface area contributed by atoms with Crippen molar-refractivity contribution in [2.24, 2.45) is 11.8 Å². The van der Waals surface area contributed by atoms with Gasteiger partial charge >= 0.3 is 0 Å². The van der Waals surface area contributed by atoms with Gasteiger partial charge in [0.2, 0.25) is 0 Å². The summed E-state index contributed by atoms with van der Waals surface area (Å²) in [4.78, 5) is 0. The molecule has 0 heterocycles. The second-order valence-electron chi connectivity index (χ2n) is 4.28. The predicted octanol–water partition coefficient (Wildman–Crippen LogP) is 4.02. The maximum atomic E-state index is 2.38. The normalized spacial score (nSPS) is 13.2. The van der Waals surface area contributed by atoms with Crippen molar-refractivity contribution in [3.63, 3.8) is 0 Å². The van der Waals surface area contributed by atoms with Gasteiger partial charge < -0.3 is 0 Å². The Labute approximate surface area is 71.7 Å². The van der Waals surface area contributed by atoms with Crippen LogP contribution < -0.4 is 0 Å². The molecule has 0 bridgehead atoms. The van der Waals surface area contributed by atoms with Crippen LogP contribution in [0, 0.1) is 11.8 Å². The molecule has 66 valence electrons. The number of hydrogen-bond donors (Lipinski definition) is 0. The lowest BCUT2D eigenvalue weighted by Crippen LogP contribution is -1.89. The second-order valence-corrected chi connectivity index (χ2v) is 4.28. The Hall–Kier alpha value is -0.260. The van der Waals surface area contributed by atoms with Crippen molar-refractivity contribution >= 4 is 0 Å². The molecule has 0 nitrogen and oxygen atoms in total. The Balaban J connectivity index is 3.63. The van der Waals surface area contributed by atoms with Gasteiger partial charge in [0.25, 0.3) is 0 Å². The fourth-order valence-electron chi connectivity index (χ4n) is 1.16. The molecule has 0 saturated carbocycles. The minimum Gasteiger partial charge on any atom is -0.0853 e. The Bertz CT molecular complexity index is 118. The summed E-state index contributed by atoms with van der Waals surface area (Å²) in [5.41, 5.74) is 1.55. The van der Waals surface area contributed by atoms with Crippen LogP contribution in [0.15, 0.2) is 11.6 Å². The summed E-state index contributed by atoms with van der Waals surface area (Å²) in [6.45, 7) is 11.3. The van der Waals surface area contributed by atoms with Crippen molar-refractivity contribution < 1.29 is 0 Å². The maximum Gasteiger partial charge on any atom is -0.0300 e. The van der Waals surface area contributed by atoms with Gasteiger partial charge in [0.15, 0.2) is 0 Å². The van der Waals surface area contributed by atoms with Gasteiger partial charge in [-0.05, 0) is 31.6 Å². The summed E-state index contributed by atoms with van der Waals surface area (Å²) in [7, 11) is 0. The van der Waals surface area contributed by atoms with Crippen LogP contribution in [0.1, 0.15) is 47.5 Å². The summed E-state index contributed by atoms with van der Waals surface area (Å²) in [5, 5.41) is 0. The van der Waals surface area contributed by atoms with E-state index in [1.165, 1.54) is 12.8 Å². The minimum absolute atomic E-state index is 0.803. The number of hydrogen-bond acceptors (Lipinski definition) is 0. The molecule has 0 aliphatic rings. The molecule has 0 aliphatic heterocycles. The summed E-state index contributed by atoms with van der Waals surface area (Å²) < 4.78 is 0. The smallest absolute Gasteiger partial charge is 0.0300 e. The first kappa shape index (κ1) is 10.7. The zero-order chi connectivity index (χ0) is 8.85. The SMILES string of the molecule is CC(=CCC(C)C)CC(C)C. The maximum absolute atomic E-state index is 2.38. The lowest BCUT2D eigenvalue weighted by Gasteiger charge is -2.05. The van der Waals surface area contributed by atoms with Crippen LogP contribution in [-0.2, 0) is 0 Å². The molecule has 0 unspecified atom stereocenters. The highest BCUT2D eigenvalue weighted by Gasteiger charge is 1.95. The molecule has 0 radical (unpaired) electrons. The highest BCUT2D eigenvalue weighted by molar-refractivity contribution is 4.98. The number of allylic oxidation sites excluding steroid dienone is 2. The lowest BCUT2D eigenvalue weighted by molar-refractivity contribution is 0.625. The van der Waals surface area contributed by atoms with E-state index in [9.17, 15) is 0 Å². The van der Waals surface area contributed by atoms with Crippen molar-refractivity contribution in [3.8, 4) is 0 Å². The van der Waals surface area contributed by atoms with Crippen LogP contribution in [0.3, 0.4) is 0 Å². The monoisotopic (exact) mass is 154 g/mol. The van der Waals surface area contributed by atoms with E-state index >= 15 is 0 Å². The highest BCUT2D eigenvalue weighted by atomic mass is 14.0. The van der Waals surface area contributed by atoms with E-state index in [0.29, 0.717) is 0 Å². The van der Waals surface area contributed by atoms with Gasteiger partial charge in [-0.3, -0.25) is 0 Å². The van der Waals surface area contributed by atoms with E-state index < -0.39 is 0 Å². The number of rotatable bonds is 4. The van der Waals surface area contributed by atoms with E-state index in [0.717, 1.165) is 11.8 Å². The van der Waals surface area contributed by atoms with Gasteiger partial charge in [0.05, 0.1) is 0 Å². The molecule has 0 aromatic heterocycles. The Morgan fingerprint density at radius 3 is 2.00 bits per heavy atom. The first-order valence-corrected chi connectivity index (χ1v) is 4.68. The van der Waals surface area contributed by atoms with Crippen LogP contribution >= 0.6 is 0 Å². The molecule has 0 aliphatic carbocycles. The Morgan fingerprint density at radius 1 is 1.09 bits per heavy atom. The third-order valence-corrected chi connectivity index (χ3v) is 1.67. The Kier molecular flexibility index (Phi) is 5.27. The van der Waals surface area contributed by atoms with Crippen LogP contribution in [0.4, 0.5) is 0 Å². The molecule has 0 spiro atoms. The van der Waals surface area contributed by atoms with Gasteiger partial charge in [-0.1, -0.05) is 39.3 Å². The van der Waals surface area contributed by atoms with E-state index in [1.807, 2.05) is 0 Å². The largest absolute Gasteiger partial charge is 0.0853 e. The zero-order valence-corrected chi connectivity index (χ0v) is 8.65. The molecule has 0 heteroatoms. The third-order valence-electron chi connectivity index (χ3n) is 1.67. The van der Waals surface area contributed by atoms with Gasteiger partial charge in [0.1, 0.15) is 0 Å². The van der Waals surface area contributed by atoms with Gasteiger partial charge in [0, 0.05) is 0 Å². The predicted molar refractivity (Wildman–Crippen MR) is 52.7 cm³/mol. The molecule has 0 aromatic rings. The van der Waals surface area contributed by atoms with Gasteiger partial charge in [-0.15, -0.1) is 0 Å². The molecule has 0 fully saturated rings. The minimum atomic E-state index is 0.803. The topological polar surface area (TPSA) is 0 Å². The molecular formula is C11H22. The van der Waals surface area contributed by atoms with Crippen molar-refractivity contribution in [2.45, 2.75) is 47.5 Å². The van der Waals surface area contributed by atoms with Gasteiger partial charge in [-0.25, -0.2) is 0 Å².